The summed E-state index contributed by atoms with van der Waals surface area (Å²) in [6.07, 6.45) is 1.55. The third kappa shape index (κ3) is 2.54. The lowest BCUT2D eigenvalue weighted by molar-refractivity contribution is 0.102. The van der Waals surface area contributed by atoms with Crippen LogP contribution in [0.1, 0.15) is 10.5 Å². The van der Waals surface area contributed by atoms with Gasteiger partial charge in [0.2, 0.25) is 0 Å². The van der Waals surface area contributed by atoms with Gasteiger partial charge in [0.05, 0.1) is 16.4 Å². The monoisotopic (exact) mass is 247 g/mol. The van der Waals surface area contributed by atoms with Crippen molar-refractivity contribution >= 4 is 28.9 Å². The molecule has 0 aliphatic rings. The average molecular weight is 248 g/mol. The van der Waals surface area contributed by atoms with Gasteiger partial charge in [-0.2, -0.15) is 0 Å². The van der Waals surface area contributed by atoms with Crippen molar-refractivity contribution in [3.05, 3.63) is 53.3 Å². The highest BCUT2D eigenvalue weighted by Crippen LogP contribution is 2.27. The minimum absolute atomic E-state index is 0.321. The maximum absolute atomic E-state index is 11.8. The van der Waals surface area contributed by atoms with Crippen LogP contribution >= 0.6 is 11.6 Å². The summed E-state index contributed by atoms with van der Waals surface area (Å²) < 4.78 is 0. The Morgan fingerprint density at radius 1 is 1.24 bits per heavy atom. The first-order valence-electron chi connectivity index (χ1n) is 4.95. The van der Waals surface area contributed by atoms with Gasteiger partial charge in [-0.25, -0.2) is 0 Å². The smallest absolute Gasteiger partial charge is 0.274 e. The molecule has 2 aromatic rings. The van der Waals surface area contributed by atoms with E-state index in [-0.39, 0.29) is 5.91 Å². The Kier molecular flexibility index (Phi) is 3.25. The molecule has 0 saturated carbocycles. The number of nitrogens with two attached hydrogens (primary N) is 1. The first kappa shape index (κ1) is 11.4. The third-order valence-electron chi connectivity index (χ3n) is 2.17. The van der Waals surface area contributed by atoms with Gasteiger partial charge < -0.3 is 11.1 Å². The van der Waals surface area contributed by atoms with Gasteiger partial charge in [0.1, 0.15) is 5.69 Å². The number of halogens is 1. The van der Waals surface area contributed by atoms with E-state index in [0.717, 1.165) is 0 Å². The van der Waals surface area contributed by atoms with Crippen LogP contribution < -0.4 is 11.1 Å². The molecule has 86 valence electrons. The molecular formula is C12H10ClN3O. The number of anilines is 2. The Bertz CT molecular complexity index is 543. The number of nitrogens with zero attached hydrogens (tertiary/aromatic N) is 1. The molecule has 0 aliphatic heterocycles. The van der Waals surface area contributed by atoms with Crippen LogP contribution in [0.5, 0.6) is 0 Å². The van der Waals surface area contributed by atoms with Crippen molar-refractivity contribution in [3.63, 3.8) is 0 Å². The zero-order chi connectivity index (χ0) is 12.3. The number of aromatic nitrogens is 1. The molecule has 0 unspecified atom stereocenters. The number of amides is 1. The van der Waals surface area contributed by atoms with Gasteiger partial charge in [-0.3, -0.25) is 9.78 Å². The second kappa shape index (κ2) is 4.84. The van der Waals surface area contributed by atoms with E-state index in [2.05, 4.69) is 10.3 Å². The number of benzene rings is 1. The van der Waals surface area contributed by atoms with Gasteiger partial charge >= 0.3 is 0 Å². The van der Waals surface area contributed by atoms with E-state index in [1.807, 2.05) is 0 Å². The number of carbonyl (C=O) groups excluding carboxylic acids is 1. The van der Waals surface area contributed by atoms with Crippen molar-refractivity contribution in [3.8, 4) is 0 Å². The standard InChI is InChI=1S/C12H10ClN3O/c13-11-8(14)4-3-6-9(11)16-12(17)10-5-1-2-7-15-10/h1-7H,14H2,(H,16,17). The van der Waals surface area contributed by atoms with Gasteiger partial charge in [-0.05, 0) is 24.3 Å². The number of rotatable bonds is 2. The molecule has 0 aliphatic carbocycles. The Balaban J connectivity index is 2.22. The molecule has 0 radical (unpaired) electrons. The van der Waals surface area contributed by atoms with Crippen molar-refractivity contribution in [2.24, 2.45) is 0 Å². The maximum atomic E-state index is 11.8. The molecule has 0 fully saturated rings. The van der Waals surface area contributed by atoms with Crippen molar-refractivity contribution in [2.45, 2.75) is 0 Å². The molecule has 2 rings (SSSR count). The van der Waals surface area contributed by atoms with E-state index in [9.17, 15) is 4.79 Å². The molecule has 1 aromatic carbocycles. The lowest BCUT2D eigenvalue weighted by Crippen LogP contribution is -2.13. The summed E-state index contributed by atoms with van der Waals surface area (Å²) in [7, 11) is 0. The molecule has 3 N–H and O–H groups in total. The van der Waals surface area contributed by atoms with Crippen LogP contribution in [0.4, 0.5) is 11.4 Å². The second-order valence-electron chi connectivity index (χ2n) is 3.38. The molecule has 0 spiro atoms. The number of hydrogen-bond acceptors (Lipinski definition) is 3. The summed E-state index contributed by atoms with van der Waals surface area (Å²) in [5, 5.41) is 2.98. The predicted octanol–water partition coefficient (Wildman–Crippen LogP) is 2.57. The number of nitrogens with one attached hydrogen (secondary N) is 1. The number of pyridine rings is 1. The first-order valence-corrected chi connectivity index (χ1v) is 5.32. The molecule has 0 atom stereocenters. The van der Waals surface area contributed by atoms with E-state index < -0.39 is 0 Å². The Morgan fingerprint density at radius 2 is 2.06 bits per heavy atom. The molecule has 0 saturated heterocycles. The van der Waals surface area contributed by atoms with Gasteiger partial charge in [0.15, 0.2) is 0 Å². The molecule has 0 bridgehead atoms. The molecule has 5 heteroatoms. The summed E-state index contributed by atoms with van der Waals surface area (Å²) in [5.41, 5.74) is 6.86. The molecular weight excluding hydrogens is 238 g/mol. The quantitative estimate of drug-likeness (QED) is 0.802. The summed E-state index contributed by atoms with van der Waals surface area (Å²) in [6, 6.07) is 10.2. The van der Waals surface area contributed by atoms with E-state index in [1.165, 1.54) is 0 Å². The zero-order valence-electron chi connectivity index (χ0n) is 8.85. The maximum Gasteiger partial charge on any atom is 0.274 e. The van der Waals surface area contributed by atoms with Crippen molar-refractivity contribution in [2.75, 3.05) is 11.1 Å². The fraction of sp³-hybridized carbons (Fsp3) is 0. The number of hydrogen-bond donors (Lipinski definition) is 2. The van der Waals surface area contributed by atoms with Gasteiger partial charge in [0.25, 0.3) is 5.91 Å². The fourth-order valence-electron chi connectivity index (χ4n) is 1.33. The van der Waals surface area contributed by atoms with Crippen molar-refractivity contribution in [1.29, 1.82) is 0 Å². The van der Waals surface area contributed by atoms with E-state index in [4.69, 9.17) is 17.3 Å². The summed E-state index contributed by atoms with van der Waals surface area (Å²) in [4.78, 5) is 15.7. The Hall–Kier alpha value is -2.07. The predicted molar refractivity (Wildman–Crippen MR) is 68.1 cm³/mol. The lowest BCUT2D eigenvalue weighted by atomic mass is 10.2. The van der Waals surface area contributed by atoms with Crippen LogP contribution in [0.2, 0.25) is 5.02 Å². The van der Waals surface area contributed by atoms with Gasteiger partial charge in [0, 0.05) is 6.20 Å². The topological polar surface area (TPSA) is 68.0 Å². The van der Waals surface area contributed by atoms with Gasteiger partial charge in [-0.15, -0.1) is 0 Å². The summed E-state index contributed by atoms with van der Waals surface area (Å²) in [6.45, 7) is 0. The van der Waals surface area contributed by atoms with Crippen LogP contribution in [0.3, 0.4) is 0 Å². The van der Waals surface area contributed by atoms with E-state index in [0.29, 0.717) is 22.1 Å². The van der Waals surface area contributed by atoms with E-state index >= 15 is 0 Å². The summed E-state index contributed by atoms with van der Waals surface area (Å²) >= 11 is 5.96. The highest BCUT2D eigenvalue weighted by Gasteiger charge is 2.10. The third-order valence-corrected chi connectivity index (χ3v) is 2.60. The largest absolute Gasteiger partial charge is 0.397 e. The normalized spacial score (nSPS) is 9.94. The van der Waals surface area contributed by atoms with E-state index in [1.54, 1.807) is 42.6 Å². The Labute approximate surface area is 103 Å². The number of carbonyl (C=O) groups is 1. The van der Waals surface area contributed by atoms with Gasteiger partial charge in [-0.1, -0.05) is 23.7 Å². The van der Waals surface area contributed by atoms with Crippen LogP contribution in [0.25, 0.3) is 0 Å². The van der Waals surface area contributed by atoms with Crippen molar-refractivity contribution in [1.82, 2.24) is 4.98 Å². The molecule has 4 nitrogen and oxygen atoms in total. The average Bonchev–Trinajstić information content (AvgIpc) is 2.36. The second-order valence-corrected chi connectivity index (χ2v) is 3.76. The van der Waals surface area contributed by atoms with Crippen LogP contribution in [0.15, 0.2) is 42.6 Å². The molecule has 1 heterocycles. The van der Waals surface area contributed by atoms with Crippen LogP contribution in [0, 0.1) is 0 Å². The number of nitrogen functional groups attached to an aromatic ring is 1. The molecule has 17 heavy (non-hydrogen) atoms. The first-order chi connectivity index (χ1) is 8.18. The van der Waals surface area contributed by atoms with Crippen molar-refractivity contribution < 1.29 is 4.79 Å². The highest BCUT2D eigenvalue weighted by atomic mass is 35.5. The minimum atomic E-state index is -0.321. The fourth-order valence-corrected chi connectivity index (χ4v) is 1.50. The van der Waals surface area contributed by atoms with Crippen LogP contribution in [-0.2, 0) is 0 Å². The molecule has 1 aromatic heterocycles. The lowest BCUT2D eigenvalue weighted by Gasteiger charge is -2.07. The minimum Gasteiger partial charge on any atom is -0.397 e. The molecule has 1 amide bonds. The zero-order valence-corrected chi connectivity index (χ0v) is 9.61. The Morgan fingerprint density at radius 3 is 2.76 bits per heavy atom. The summed E-state index contributed by atoms with van der Waals surface area (Å²) in [5.74, 6) is -0.321. The SMILES string of the molecule is Nc1cccc(NC(=O)c2ccccn2)c1Cl. The highest BCUT2D eigenvalue weighted by molar-refractivity contribution is 6.36. The van der Waals surface area contributed by atoms with Crippen LogP contribution in [-0.4, -0.2) is 10.9 Å².